The lowest BCUT2D eigenvalue weighted by Crippen LogP contribution is -2.33. The average Bonchev–Trinajstić information content (AvgIpc) is 2.17. The third-order valence-corrected chi connectivity index (χ3v) is 2.06. The molecule has 66 valence electrons. The molecule has 1 heterocycles. The summed E-state index contributed by atoms with van der Waals surface area (Å²) in [4.78, 5) is 10.6. The smallest absolute Gasteiger partial charge is 0.326 e. The summed E-state index contributed by atoms with van der Waals surface area (Å²) >= 11 is 0. The van der Waals surface area contributed by atoms with Crippen molar-refractivity contribution in [3.05, 3.63) is 36.2 Å². The van der Waals surface area contributed by atoms with E-state index < -0.39 is 12.0 Å². The van der Waals surface area contributed by atoms with Crippen molar-refractivity contribution in [3.8, 4) is 0 Å². The van der Waals surface area contributed by atoms with Crippen LogP contribution in [0.5, 0.6) is 0 Å². The van der Waals surface area contributed by atoms with Crippen LogP contribution < -0.4 is 5.32 Å². The molecule has 1 unspecified atom stereocenters. The van der Waals surface area contributed by atoms with Crippen LogP contribution in [0.1, 0.15) is 5.56 Å². The SMILES string of the molecule is O=C(O)C1[C]Cc2ccccc2N1. The third-order valence-electron chi connectivity index (χ3n) is 2.06. The Kier molecular flexibility index (Phi) is 1.93. The van der Waals surface area contributed by atoms with Crippen LogP contribution in [-0.4, -0.2) is 17.1 Å². The molecule has 1 aromatic carbocycles. The van der Waals surface area contributed by atoms with Gasteiger partial charge in [0.2, 0.25) is 0 Å². The van der Waals surface area contributed by atoms with Gasteiger partial charge in [-0.05, 0) is 18.1 Å². The summed E-state index contributed by atoms with van der Waals surface area (Å²) in [6.45, 7) is 0. The molecule has 1 aliphatic heterocycles. The van der Waals surface area contributed by atoms with Gasteiger partial charge in [0.05, 0.1) is 0 Å². The van der Waals surface area contributed by atoms with Crippen molar-refractivity contribution in [2.75, 3.05) is 5.32 Å². The number of carboxylic acid groups (broad SMARTS) is 1. The minimum atomic E-state index is -0.880. The number of para-hydroxylation sites is 1. The zero-order valence-corrected chi connectivity index (χ0v) is 6.95. The van der Waals surface area contributed by atoms with Gasteiger partial charge in [-0.1, -0.05) is 18.2 Å². The van der Waals surface area contributed by atoms with Gasteiger partial charge in [-0.15, -0.1) is 0 Å². The first kappa shape index (κ1) is 8.10. The summed E-state index contributed by atoms with van der Waals surface area (Å²) in [6.07, 6.45) is 3.46. The lowest BCUT2D eigenvalue weighted by atomic mass is 9.98. The van der Waals surface area contributed by atoms with E-state index in [0.29, 0.717) is 6.42 Å². The number of benzene rings is 1. The Labute approximate surface area is 76.4 Å². The van der Waals surface area contributed by atoms with Gasteiger partial charge in [-0.2, -0.15) is 0 Å². The Balaban J connectivity index is 2.24. The van der Waals surface area contributed by atoms with Crippen LogP contribution in [0, 0.1) is 6.42 Å². The van der Waals surface area contributed by atoms with Crippen LogP contribution in [0.15, 0.2) is 24.3 Å². The molecule has 0 saturated carbocycles. The maximum Gasteiger partial charge on any atom is 0.326 e. The normalized spacial score (nSPS) is 20.2. The number of aliphatic carboxylic acids is 1. The van der Waals surface area contributed by atoms with Crippen molar-refractivity contribution in [1.82, 2.24) is 0 Å². The van der Waals surface area contributed by atoms with E-state index >= 15 is 0 Å². The van der Waals surface area contributed by atoms with Gasteiger partial charge in [-0.25, -0.2) is 4.79 Å². The van der Waals surface area contributed by atoms with Crippen LogP contribution in [0.4, 0.5) is 5.69 Å². The first-order chi connectivity index (χ1) is 6.27. The number of carbonyl (C=O) groups is 1. The molecule has 0 aromatic heterocycles. The first-order valence-electron chi connectivity index (χ1n) is 4.08. The van der Waals surface area contributed by atoms with Gasteiger partial charge in [-0.3, -0.25) is 0 Å². The van der Waals surface area contributed by atoms with Gasteiger partial charge in [0, 0.05) is 12.1 Å². The first-order valence-corrected chi connectivity index (χ1v) is 4.08. The predicted octanol–water partition coefficient (Wildman–Crippen LogP) is 1.19. The summed E-state index contributed by atoms with van der Waals surface area (Å²) in [7, 11) is 0. The number of hydrogen-bond acceptors (Lipinski definition) is 2. The van der Waals surface area contributed by atoms with E-state index in [1.807, 2.05) is 24.3 Å². The van der Waals surface area contributed by atoms with Crippen LogP contribution in [0.3, 0.4) is 0 Å². The maximum atomic E-state index is 10.6. The number of rotatable bonds is 1. The van der Waals surface area contributed by atoms with Gasteiger partial charge < -0.3 is 10.4 Å². The van der Waals surface area contributed by atoms with Crippen LogP contribution in [0.25, 0.3) is 0 Å². The number of fused-ring (bicyclic) bond motifs is 1. The van der Waals surface area contributed by atoms with Gasteiger partial charge >= 0.3 is 5.97 Å². The molecule has 13 heavy (non-hydrogen) atoms. The van der Waals surface area contributed by atoms with Crippen molar-refractivity contribution in [2.24, 2.45) is 0 Å². The molecule has 0 bridgehead atoms. The Morgan fingerprint density at radius 3 is 3.08 bits per heavy atom. The molecule has 1 aliphatic rings. The van der Waals surface area contributed by atoms with Crippen LogP contribution >= 0.6 is 0 Å². The molecule has 0 amide bonds. The van der Waals surface area contributed by atoms with Crippen molar-refractivity contribution >= 4 is 11.7 Å². The molecule has 2 N–H and O–H groups in total. The van der Waals surface area contributed by atoms with E-state index in [-0.39, 0.29) is 0 Å². The zero-order chi connectivity index (χ0) is 9.26. The minimum Gasteiger partial charge on any atom is -0.480 e. The summed E-state index contributed by atoms with van der Waals surface area (Å²) in [5.41, 5.74) is 1.99. The lowest BCUT2D eigenvalue weighted by Gasteiger charge is -2.22. The van der Waals surface area contributed by atoms with Crippen LogP contribution in [-0.2, 0) is 11.2 Å². The fourth-order valence-electron chi connectivity index (χ4n) is 1.38. The van der Waals surface area contributed by atoms with E-state index in [1.54, 1.807) is 0 Å². The zero-order valence-electron chi connectivity index (χ0n) is 6.95. The highest BCUT2D eigenvalue weighted by Gasteiger charge is 2.23. The summed E-state index contributed by atoms with van der Waals surface area (Å²) in [6, 6.07) is 6.99. The molecular weight excluding hydrogens is 166 g/mol. The standard InChI is InChI=1S/C10H9NO2/c12-10(13)9-6-5-7-3-1-2-4-8(7)11-9/h1-4,9,11H,5H2,(H,12,13). The Morgan fingerprint density at radius 1 is 1.54 bits per heavy atom. The van der Waals surface area contributed by atoms with Crippen molar-refractivity contribution in [3.63, 3.8) is 0 Å². The van der Waals surface area contributed by atoms with Crippen molar-refractivity contribution in [2.45, 2.75) is 12.5 Å². The Bertz CT molecular complexity index is 335. The third kappa shape index (κ3) is 1.49. The topological polar surface area (TPSA) is 49.3 Å². The minimum absolute atomic E-state index is 0.597. The number of carboxylic acids is 1. The molecule has 3 nitrogen and oxygen atoms in total. The molecular formula is C10H9NO2. The number of nitrogens with one attached hydrogen (secondary N) is 1. The molecule has 0 fully saturated rings. The Morgan fingerprint density at radius 2 is 2.31 bits per heavy atom. The number of hydrogen-bond donors (Lipinski definition) is 2. The maximum absolute atomic E-state index is 10.6. The van der Waals surface area contributed by atoms with Crippen molar-refractivity contribution < 1.29 is 9.90 Å². The van der Waals surface area contributed by atoms with E-state index in [9.17, 15) is 4.79 Å². The summed E-state index contributed by atoms with van der Waals surface area (Å²) in [5, 5.41) is 11.6. The van der Waals surface area contributed by atoms with E-state index in [4.69, 9.17) is 5.11 Å². The number of anilines is 1. The fourth-order valence-corrected chi connectivity index (χ4v) is 1.38. The van der Waals surface area contributed by atoms with E-state index in [2.05, 4.69) is 11.7 Å². The average molecular weight is 175 g/mol. The molecule has 2 rings (SSSR count). The molecule has 1 aromatic rings. The highest BCUT2D eigenvalue weighted by atomic mass is 16.4. The largest absolute Gasteiger partial charge is 0.480 e. The van der Waals surface area contributed by atoms with E-state index in [1.165, 1.54) is 0 Å². The second-order valence-corrected chi connectivity index (χ2v) is 2.95. The lowest BCUT2D eigenvalue weighted by molar-refractivity contribution is -0.137. The summed E-state index contributed by atoms with van der Waals surface area (Å²) in [5.74, 6) is -0.880. The van der Waals surface area contributed by atoms with Gasteiger partial charge in [0.1, 0.15) is 6.04 Å². The quantitative estimate of drug-likeness (QED) is 0.674. The second-order valence-electron chi connectivity index (χ2n) is 2.95. The van der Waals surface area contributed by atoms with Gasteiger partial charge in [0.25, 0.3) is 0 Å². The highest BCUT2D eigenvalue weighted by Crippen LogP contribution is 2.23. The molecule has 0 saturated heterocycles. The Hall–Kier alpha value is -1.51. The molecule has 1 atom stereocenters. The monoisotopic (exact) mass is 175 g/mol. The van der Waals surface area contributed by atoms with E-state index in [0.717, 1.165) is 11.3 Å². The van der Waals surface area contributed by atoms with Crippen LogP contribution in [0.2, 0.25) is 0 Å². The molecule has 0 aliphatic carbocycles. The molecule has 2 radical (unpaired) electrons. The van der Waals surface area contributed by atoms with Crippen molar-refractivity contribution in [1.29, 1.82) is 0 Å². The molecule has 0 spiro atoms. The predicted molar refractivity (Wildman–Crippen MR) is 48.4 cm³/mol. The fraction of sp³-hybridized carbons (Fsp3) is 0.200. The van der Waals surface area contributed by atoms with Gasteiger partial charge in [0.15, 0.2) is 0 Å². The summed E-state index contributed by atoms with van der Waals surface area (Å²) < 4.78 is 0. The second kappa shape index (κ2) is 3.09. The molecule has 3 heteroatoms. The highest BCUT2D eigenvalue weighted by molar-refractivity contribution is 5.80.